The SMILES string of the molecule is CC(C)(C)n1ncc(-c2nc([C@@H]3C(F)(F)C34CCN(S(N)(=O)=O)CC4)no2)c1C(F)(F)F. The normalized spacial score (nSPS) is 23.6. The second-order valence-corrected chi connectivity index (χ2v) is 10.6. The zero-order valence-corrected chi connectivity index (χ0v) is 18.1. The van der Waals surface area contributed by atoms with Crippen LogP contribution in [-0.4, -0.2) is 51.7 Å². The number of hydrogen-bond acceptors (Lipinski definition) is 6. The number of hydrogen-bond donors (Lipinski definition) is 1. The predicted molar refractivity (Wildman–Crippen MR) is 99.6 cm³/mol. The van der Waals surface area contributed by atoms with Gasteiger partial charge in [-0.05, 0) is 33.6 Å². The van der Waals surface area contributed by atoms with Crippen molar-refractivity contribution in [3.8, 4) is 11.5 Å². The minimum atomic E-state index is -4.81. The third-order valence-corrected chi connectivity index (χ3v) is 7.16. The monoisotopic (exact) mass is 484 g/mol. The zero-order valence-electron chi connectivity index (χ0n) is 17.3. The van der Waals surface area contributed by atoms with Crippen molar-refractivity contribution in [2.45, 2.75) is 57.2 Å². The summed E-state index contributed by atoms with van der Waals surface area (Å²) in [6.45, 7) is 4.18. The number of nitrogens with two attached hydrogens (primary N) is 1. The first kappa shape index (κ1) is 23.0. The van der Waals surface area contributed by atoms with Crippen molar-refractivity contribution in [3.63, 3.8) is 0 Å². The van der Waals surface area contributed by atoms with Gasteiger partial charge in [0.1, 0.15) is 0 Å². The summed E-state index contributed by atoms with van der Waals surface area (Å²) >= 11 is 0. The molecule has 2 aliphatic rings. The van der Waals surface area contributed by atoms with E-state index >= 15 is 0 Å². The molecule has 4 rings (SSSR count). The number of alkyl halides is 5. The summed E-state index contributed by atoms with van der Waals surface area (Å²) in [4.78, 5) is 3.86. The van der Waals surface area contributed by atoms with E-state index in [0.717, 1.165) is 15.2 Å². The number of aromatic nitrogens is 4. The Balaban J connectivity index is 1.66. The van der Waals surface area contributed by atoms with Gasteiger partial charge < -0.3 is 4.52 Å². The van der Waals surface area contributed by atoms with Crippen molar-refractivity contribution in [1.82, 2.24) is 24.2 Å². The molecule has 32 heavy (non-hydrogen) atoms. The van der Waals surface area contributed by atoms with Gasteiger partial charge in [-0.3, -0.25) is 4.68 Å². The van der Waals surface area contributed by atoms with Gasteiger partial charge in [0.05, 0.1) is 28.6 Å². The lowest BCUT2D eigenvalue weighted by molar-refractivity contribution is -0.145. The molecule has 2 fully saturated rings. The Bertz CT molecular complexity index is 1140. The molecule has 1 atom stereocenters. The van der Waals surface area contributed by atoms with Gasteiger partial charge >= 0.3 is 6.18 Å². The van der Waals surface area contributed by atoms with Crippen molar-refractivity contribution in [2.24, 2.45) is 10.6 Å². The standard InChI is InChI=1S/C17H21F5N6O3S/c1-14(2,3)28-11(17(20,21)22)9(8-24-28)13-25-12(26-31-13)10-15(16(10,18)19)4-6-27(7-5-15)32(23,29)30/h8,10H,4-7H2,1-3H3,(H2,23,29,30)/t10-/m0/s1. The van der Waals surface area contributed by atoms with Crippen LogP contribution in [0.1, 0.15) is 51.0 Å². The van der Waals surface area contributed by atoms with Crippen molar-refractivity contribution >= 4 is 10.2 Å². The quantitative estimate of drug-likeness (QED) is 0.669. The Kier molecular flexibility index (Phi) is 4.82. The van der Waals surface area contributed by atoms with Crippen molar-refractivity contribution in [1.29, 1.82) is 0 Å². The molecule has 1 spiro atoms. The predicted octanol–water partition coefficient (Wildman–Crippen LogP) is 2.73. The molecular weight excluding hydrogens is 463 g/mol. The molecule has 9 nitrogen and oxygen atoms in total. The molecule has 1 saturated heterocycles. The highest BCUT2D eigenvalue weighted by Crippen LogP contribution is 2.75. The summed E-state index contributed by atoms with van der Waals surface area (Å²) in [7, 11) is -4.01. The zero-order chi connectivity index (χ0) is 23.9. The van der Waals surface area contributed by atoms with Gasteiger partial charge in [-0.25, -0.2) is 13.9 Å². The maximum atomic E-state index is 14.8. The van der Waals surface area contributed by atoms with E-state index in [9.17, 15) is 30.4 Å². The fourth-order valence-corrected chi connectivity index (χ4v) is 5.12. The van der Waals surface area contributed by atoms with E-state index in [1.165, 1.54) is 20.8 Å². The summed E-state index contributed by atoms with van der Waals surface area (Å²) in [5.74, 6) is -5.75. The molecule has 1 aliphatic heterocycles. The Morgan fingerprint density at radius 2 is 1.78 bits per heavy atom. The van der Waals surface area contributed by atoms with Gasteiger partial charge in [0.2, 0.25) is 0 Å². The molecule has 0 bridgehead atoms. The van der Waals surface area contributed by atoms with Crippen molar-refractivity contribution in [3.05, 3.63) is 17.7 Å². The highest BCUT2D eigenvalue weighted by molar-refractivity contribution is 7.86. The van der Waals surface area contributed by atoms with E-state index in [-0.39, 0.29) is 25.9 Å². The lowest BCUT2D eigenvalue weighted by Gasteiger charge is -2.30. The Morgan fingerprint density at radius 3 is 2.28 bits per heavy atom. The van der Waals surface area contributed by atoms with Crippen LogP contribution in [0.15, 0.2) is 10.7 Å². The molecule has 2 aromatic heterocycles. The molecule has 3 heterocycles. The fourth-order valence-electron chi connectivity index (χ4n) is 4.43. The van der Waals surface area contributed by atoms with Gasteiger partial charge in [0.15, 0.2) is 11.5 Å². The second-order valence-electron chi connectivity index (χ2n) is 9.10. The van der Waals surface area contributed by atoms with Crippen LogP contribution in [0.2, 0.25) is 0 Å². The van der Waals surface area contributed by atoms with E-state index in [2.05, 4.69) is 15.2 Å². The maximum Gasteiger partial charge on any atom is 0.433 e. The van der Waals surface area contributed by atoms with Crippen LogP contribution in [0.3, 0.4) is 0 Å². The third-order valence-electron chi connectivity index (χ3n) is 6.07. The van der Waals surface area contributed by atoms with Crippen LogP contribution < -0.4 is 5.14 Å². The molecule has 1 saturated carbocycles. The topological polar surface area (TPSA) is 120 Å². The lowest BCUT2D eigenvalue weighted by Crippen LogP contribution is -2.43. The average Bonchev–Trinajstić information content (AvgIpc) is 3.10. The summed E-state index contributed by atoms with van der Waals surface area (Å²) in [6, 6.07) is 0. The minimum Gasteiger partial charge on any atom is -0.334 e. The van der Waals surface area contributed by atoms with Gasteiger partial charge in [0, 0.05) is 13.1 Å². The van der Waals surface area contributed by atoms with E-state index < -0.39 is 62.2 Å². The molecule has 1 aliphatic carbocycles. The van der Waals surface area contributed by atoms with Crippen LogP contribution in [0, 0.1) is 5.41 Å². The molecule has 2 N–H and O–H groups in total. The van der Waals surface area contributed by atoms with Crippen LogP contribution >= 0.6 is 0 Å². The molecule has 0 aromatic carbocycles. The first-order valence-electron chi connectivity index (χ1n) is 9.65. The van der Waals surface area contributed by atoms with Crippen LogP contribution in [0.25, 0.3) is 11.5 Å². The lowest BCUT2D eigenvalue weighted by atomic mass is 9.91. The number of rotatable bonds is 3. The highest BCUT2D eigenvalue weighted by atomic mass is 32.2. The first-order chi connectivity index (χ1) is 14.5. The maximum absolute atomic E-state index is 14.8. The van der Waals surface area contributed by atoms with Crippen LogP contribution in [0.4, 0.5) is 22.0 Å². The minimum absolute atomic E-state index is 0.194. The van der Waals surface area contributed by atoms with Gasteiger partial charge in [-0.15, -0.1) is 0 Å². The summed E-state index contributed by atoms with van der Waals surface area (Å²) in [5, 5.41) is 12.4. The van der Waals surface area contributed by atoms with E-state index in [1.807, 2.05) is 0 Å². The third kappa shape index (κ3) is 3.41. The van der Waals surface area contributed by atoms with E-state index in [4.69, 9.17) is 9.66 Å². The Morgan fingerprint density at radius 1 is 1.19 bits per heavy atom. The summed E-state index contributed by atoms with van der Waals surface area (Å²) in [6.07, 6.45) is -4.28. The van der Waals surface area contributed by atoms with Crippen LogP contribution in [-0.2, 0) is 21.9 Å². The molecule has 2 aromatic rings. The molecule has 0 amide bonds. The first-order valence-corrected chi connectivity index (χ1v) is 11.2. The average molecular weight is 484 g/mol. The second kappa shape index (κ2) is 6.70. The van der Waals surface area contributed by atoms with Crippen molar-refractivity contribution < 1.29 is 34.9 Å². The fraction of sp³-hybridized carbons (Fsp3) is 0.706. The highest BCUT2D eigenvalue weighted by Gasteiger charge is 2.82. The number of nitrogens with zero attached hydrogens (tertiary/aromatic N) is 5. The largest absolute Gasteiger partial charge is 0.433 e. The number of piperidine rings is 1. The summed E-state index contributed by atoms with van der Waals surface area (Å²) in [5.41, 5.74) is -4.25. The molecular formula is C17H21F5N6O3S. The Labute approximate surface area is 179 Å². The van der Waals surface area contributed by atoms with Gasteiger partial charge in [-0.1, -0.05) is 5.16 Å². The Hall–Kier alpha value is -2.13. The van der Waals surface area contributed by atoms with Crippen LogP contribution in [0.5, 0.6) is 0 Å². The molecule has 0 unspecified atom stereocenters. The smallest absolute Gasteiger partial charge is 0.334 e. The van der Waals surface area contributed by atoms with Gasteiger partial charge in [-0.2, -0.15) is 36.0 Å². The van der Waals surface area contributed by atoms with E-state index in [0.29, 0.717) is 0 Å². The molecule has 15 heteroatoms. The molecule has 0 radical (unpaired) electrons. The van der Waals surface area contributed by atoms with Crippen molar-refractivity contribution in [2.75, 3.05) is 13.1 Å². The number of halogens is 5. The molecule has 178 valence electrons. The van der Waals surface area contributed by atoms with E-state index in [1.54, 1.807) is 0 Å². The summed E-state index contributed by atoms with van der Waals surface area (Å²) < 4.78 is 100. The van der Waals surface area contributed by atoms with Gasteiger partial charge in [0.25, 0.3) is 22.0 Å².